The number of hydrogen-bond acceptors (Lipinski definition) is 2. The minimum Gasteiger partial charge on any atom is -0.312 e. The summed E-state index contributed by atoms with van der Waals surface area (Å²) in [5.41, 5.74) is 0. The van der Waals surface area contributed by atoms with Crippen LogP contribution in [0.15, 0.2) is 0 Å². The molecule has 7 heavy (non-hydrogen) atoms. The minimum absolute atomic E-state index is 1.16. The highest BCUT2D eigenvalue weighted by molar-refractivity contribution is 7.50. The molecule has 0 saturated carbocycles. The van der Waals surface area contributed by atoms with Gasteiger partial charge in [0.25, 0.3) is 0 Å². The van der Waals surface area contributed by atoms with E-state index in [1.165, 1.54) is 7.05 Å². The highest BCUT2D eigenvalue weighted by atomic mass is 31.2. The van der Waals surface area contributed by atoms with Crippen molar-refractivity contribution in [2.45, 2.75) is 0 Å². The van der Waals surface area contributed by atoms with Gasteiger partial charge in [0.1, 0.15) is 0 Å². The predicted octanol–water partition coefficient (Wildman–Crippen LogP) is -0.0474. The Labute approximate surface area is 42.1 Å². The molecular weight excluding hydrogens is 117 g/mol. The van der Waals surface area contributed by atoms with Crippen molar-refractivity contribution >= 4 is 7.75 Å². The molecular formula is C2H8NO3P. The number of rotatable bonds is 2. The van der Waals surface area contributed by atoms with E-state index in [9.17, 15) is 4.57 Å². The monoisotopic (exact) mass is 125 g/mol. The molecule has 0 aromatic carbocycles. The van der Waals surface area contributed by atoms with Crippen LogP contribution in [-0.4, -0.2) is 19.1 Å². The van der Waals surface area contributed by atoms with E-state index in [0.717, 1.165) is 7.11 Å². The fourth-order valence-electron chi connectivity index (χ4n) is 0.0913. The third-order valence-electron chi connectivity index (χ3n) is 0.530. The normalized spacial score (nSPS) is 18.7. The van der Waals surface area contributed by atoms with Crippen LogP contribution < -0.4 is 5.09 Å². The summed E-state index contributed by atoms with van der Waals surface area (Å²) in [4.78, 5) is 8.35. The maximum Gasteiger partial charge on any atom is 0.402 e. The Hall–Kier alpha value is 0.110. The van der Waals surface area contributed by atoms with E-state index in [-0.39, 0.29) is 0 Å². The van der Waals surface area contributed by atoms with Crippen LogP contribution in [-0.2, 0) is 9.09 Å². The Bertz CT molecular complexity index is 84.9. The van der Waals surface area contributed by atoms with Gasteiger partial charge in [0, 0.05) is 7.11 Å². The average molecular weight is 125 g/mol. The molecule has 0 amide bonds. The van der Waals surface area contributed by atoms with Crippen LogP contribution in [0, 0.1) is 0 Å². The van der Waals surface area contributed by atoms with Crippen molar-refractivity contribution in [3.05, 3.63) is 0 Å². The fourth-order valence-corrected chi connectivity index (χ4v) is 0.274. The van der Waals surface area contributed by atoms with E-state index >= 15 is 0 Å². The molecule has 0 aliphatic heterocycles. The van der Waals surface area contributed by atoms with Crippen LogP contribution in [0.3, 0.4) is 0 Å². The summed E-state index contributed by atoms with van der Waals surface area (Å²) in [6, 6.07) is 0. The second kappa shape index (κ2) is 2.43. The summed E-state index contributed by atoms with van der Waals surface area (Å²) < 4.78 is 14.3. The van der Waals surface area contributed by atoms with Crippen LogP contribution >= 0.6 is 7.75 Å². The van der Waals surface area contributed by atoms with Crippen molar-refractivity contribution in [2.75, 3.05) is 14.2 Å². The van der Waals surface area contributed by atoms with Crippen LogP contribution in [0.25, 0.3) is 0 Å². The first-order chi connectivity index (χ1) is 3.12. The maximum atomic E-state index is 10.2. The maximum absolute atomic E-state index is 10.2. The third-order valence-corrected chi connectivity index (χ3v) is 1.59. The van der Waals surface area contributed by atoms with Gasteiger partial charge >= 0.3 is 7.75 Å². The zero-order valence-electron chi connectivity index (χ0n) is 4.21. The van der Waals surface area contributed by atoms with Gasteiger partial charge in [-0.05, 0) is 7.05 Å². The van der Waals surface area contributed by atoms with Crippen molar-refractivity contribution in [3.63, 3.8) is 0 Å². The fraction of sp³-hybridized carbons (Fsp3) is 1.00. The molecule has 44 valence electrons. The summed E-state index contributed by atoms with van der Waals surface area (Å²) in [7, 11) is -0.889. The Kier molecular flexibility index (Phi) is 2.46. The molecule has 0 fully saturated rings. The molecule has 0 saturated heterocycles. The Balaban J connectivity index is 3.61. The van der Waals surface area contributed by atoms with Crippen molar-refractivity contribution in [3.8, 4) is 0 Å². The average Bonchev–Trinajstić information content (AvgIpc) is 1.68. The first-order valence-corrected chi connectivity index (χ1v) is 3.27. The smallest absolute Gasteiger partial charge is 0.312 e. The van der Waals surface area contributed by atoms with Crippen molar-refractivity contribution in [1.29, 1.82) is 0 Å². The van der Waals surface area contributed by atoms with Crippen LogP contribution in [0.5, 0.6) is 0 Å². The molecule has 2 N–H and O–H groups in total. The Morgan fingerprint density at radius 3 is 2.29 bits per heavy atom. The van der Waals surface area contributed by atoms with Crippen LogP contribution in [0.1, 0.15) is 0 Å². The van der Waals surface area contributed by atoms with Crippen LogP contribution in [0.2, 0.25) is 0 Å². The second-order valence-electron chi connectivity index (χ2n) is 0.927. The lowest BCUT2D eigenvalue weighted by atomic mass is 11.6. The highest BCUT2D eigenvalue weighted by Crippen LogP contribution is 2.33. The lowest BCUT2D eigenvalue weighted by Gasteiger charge is -2.03. The SMILES string of the molecule is CNP(=O)(O)OC. The van der Waals surface area contributed by atoms with Gasteiger partial charge in [0.2, 0.25) is 0 Å². The molecule has 1 unspecified atom stereocenters. The largest absolute Gasteiger partial charge is 0.402 e. The number of nitrogens with one attached hydrogen (secondary N) is 1. The van der Waals surface area contributed by atoms with E-state index in [1.54, 1.807) is 0 Å². The lowest BCUT2D eigenvalue weighted by Crippen LogP contribution is -2.02. The zero-order chi connectivity index (χ0) is 5.91. The second-order valence-corrected chi connectivity index (χ2v) is 2.78. The van der Waals surface area contributed by atoms with Gasteiger partial charge in [-0.25, -0.2) is 9.65 Å². The molecule has 1 atom stereocenters. The summed E-state index contributed by atoms with van der Waals surface area (Å²) in [5, 5.41) is 2.08. The molecule has 0 aromatic rings. The van der Waals surface area contributed by atoms with Crippen molar-refractivity contribution < 1.29 is 14.0 Å². The van der Waals surface area contributed by atoms with E-state index in [2.05, 4.69) is 9.61 Å². The standard InChI is InChI=1S/C2H8NO3P/c1-3-7(4,5)6-2/h1-2H3,(H2,3,4,5). The van der Waals surface area contributed by atoms with E-state index in [1.807, 2.05) is 0 Å². The molecule has 0 spiro atoms. The molecule has 5 heteroatoms. The summed E-state index contributed by atoms with van der Waals surface area (Å²) in [5.74, 6) is 0. The molecule has 0 aliphatic carbocycles. The first kappa shape index (κ1) is 7.11. The van der Waals surface area contributed by atoms with Gasteiger partial charge in [0.15, 0.2) is 0 Å². The predicted molar refractivity (Wildman–Crippen MR) is 25.9 cm³/mol. The molecule has 0 aromatic heterocycles. The van der Waals surface area contributed by atoms with E-state index < -0.39 is 7.75 Å². The Morgan fingerprint density at radius 1 is 1.86 bits per heavy atom. The van der Waals surface area contributed by atoms with Crippen LogP contribution in [0.4, 0.5) is 0 Å². The van der Waals surface area contributed by atoms with Gasteiger partial charge in [-0.2, -0.15) is 0 Å². The topological polar surface area (TPSA) is 58.6 Å². The quantitative estimate of drug-likeness (QED) is 0.508. The van der Waals surface area contributed by atoms with Gasteiger partial charge in [-0.1, -0.05) is 0 Å². The van der Waals surface area contributed by atoms with Gasteiger partial charge in [-0.3, -0.25) is 0 Å². The van der Waals surface area contributed by atoms with Gasteiger partial charge in [-0.15, -0.1) is 0 Å². The summed E-state index contributed by atoms with van der Waals surface area (Å²) in [6.45, 7) is 0. The molecule has 0 bridgehead atoms. The third kappa shape index (κ3) is 2.76. The molecule has 4 nitrogen and oxygen atoms in total. The first-order valence-electron chi connectivity index (χ1n) is 1.70. The minimum atomic E-state index is -3.40. The highest BCUT2D eigenvalue weighted by Gasteiger charge is 2.10. The summed E-state index contributed by atoms with van der Waals surface area (Å²) in [6.07, 6.45) is 0. The summed E-state index contributed by atoms with van der Waals surface area (Å²) >= 11 is 0. The zero-order valence-corrected chi connectivity index (χ0v) is 5.11. The Morgan fingerprint density at radius 2 is 2.29 bits per heavy atom. The molecule has 0 heterocycles. The van der Waals surface area contributed by atoms with Gasteiger partial charge < -0.3 is 9.42 Å². The van der Waals surface area contributed by atoms with E-state index in [4.69, 9.17) is 4.89 Å². The lowest BCUT2D eigenvalue weighted by molar-refractivity contribution is 0.307. The van der Waals surface area contributed by atoms with E-state index in [0.29, 0.717) is 0 Å². The molecule has 0 aliphatic rings. The van der Waals surface area contributed by atoms with Crippen molar-refractivity contribution in [2.24, 2.45) is 0 Å². The van der Waals surface area contributed by atoms with Crippen molar-refractivity contribution in [1.82, 2.24) is 5.09 Å². The molecule has 0 radical (unpaired) electrons. The molecule has 0 rings (SSSR count). The number of hydrogen-bond donors (Lipinski definition) is 2. The van der Waals surface area contributed by atoms with Gasteiger partial charge in [0.05, 0.1) is 0 Å².